The highest BCUT2D eigenvalue weighted by molar-refractivity contribution is 5.72. The lowest BCUT2D eigenvalue weighted by atomic mass is 10.2. The number of ether oxygens (including phenoxy) is 2. The molecule has 0 amide bonds. The summed E-state index contributed by atoms with van der Waals surface area (Å²) in [7, 11) is 0. The molecule has 112 valence electrons. The molecule has 1 atom stereocenters. The second-order valence-electron chi connectivity index (χ2n) is 4.61. The third-order valence-corrected chi connectivity index (χ3v) is 2.80. The number of carbonyl (C=O) groups is 2. The lowest BCUT2D eigenvalue weighted by Gasteiger charge is -2.07. The summed E-state index contributed by atoms with van der Waals surface area (Å²) in [6, 6.07) is 9.79. The van der Waals surface area contributed by atoms with Gasteiger partial charge in [-0.15, -0.1) is 6.42 Å². The van der Waals surface area contributed by atoms with Crippen molar-refractivity contribution in [3.8, 4) is 12.3 Å². The first-order valence-corrected chi connectivity index (χ1v) is 6.97. The lowest BCUT2D eigenvalue weighted by molar-refractivity contribution is -0.146. The van der Waals surface area contributed by atoms with Gasteiger partial charge in [-0.05, 0) is 18.9 Å². The summed E-state index contributed by atoms with van der Waals surface area (Å²) in [5.74, 6) is 1.61. The normalized spacial score (nSPS) is 11.2. The molecule has 0 heterocycles. The van der Waals surface area contributed by atoms with Gasteiger partial charge in [0, 0.05) is 19.3 Å². The first-order valence-electron chi connectivity index (χ1n) is 6.97. The van der Waals surface area contributed by atoms with Crippen LogP contribution in [-0.2, 0) is 25.5 Å². The van der Waals surface area contributed by atoms with Gasteiger partial charge in [0.1, 0.15) is 0 Å². The van der Waals surface area contributed by atoms with Crippen molar-refractivity contribution in [1.82, 2.24) is 0 Å². The van der Waals surface area contributed by atoms with E-state index in [9.17, 15) is 9.59 Å². The fourth-order valence-electron chi connectivity index (χ4n) is 1.67. The number of hydrogen-bond acceptors (Lipinski definition) is 4. The summed E-state index contributed by atoms with van der Waals surface area (Å²) in [5.41, 5.74) is 1.12. The molecule has 0 aromatic heterocycles. The van der Waals surface area contributed by atoms with Crippen molar-refractivity contribution in [1.29, 1.82) is 0 Å². The van der Waals surface area contributed by atoms with Crippen LogP contribution >= 0.6 is 0 Å². The van der Waals surface area contributed by atoms with Gasteiger partial charge in [0.15, 0.2) is 6.10 Å². The maximum absolute atomic E-state index is 11.5. The number of carbonyl (C=O) groups excluding carboxylic acids is 2. The SMILES string of the molecule is C#CC(C)OC(=O)CCCC(=O)OCCc1ccccc1. The van der Waals surface area contributed by atoms with E-state index in [1.807, 2.05) is 30.3 Å². The number of benzene rings is 1. The summed E-state index contributed by atoms with van der Waals surface area (Å²) in [4.78, 5) is 22.8. The molecule has 0 N–H and O–H groups in total. The molecule has 1 aromatic carbocycles. The van der Waals surface area contributed by atoms with Crippen LogP contribution in [0.3, 0.4) is 0 Å². The summed E-state index contributed by atoms with van der Waals surface area (Å²) < 4.78 is 10.00. The molecule has 0 aliphatic rings. The van der Waals surface area contributed by atoms with Gasteiger partial charge >= 0.3 is 11.9 Å². The second-order valence-corrected chi connectivity index (χ2v) is 4.61. The van der Waals surface area contributed by atoms with E-state index in [0.29, 0.717) is 19.4 Å². The standard InChI is InChI=1S/C17H20O4/c1-3-14(2)21-17(19)11-7-10-16(18)20-13-12-15-8-5-4-6-9-15/h1,4-6,8-9,14H,7,10-13H2,2H3. The van der Waals surface area contributed by atoms with Crippen molar-refractivity contribution >= 4 is 11.9 Å². The zero-order chi connectivity index (χ0) is 15.5. The molecular weight excluding hydrogens is 268 g/mol. The van der Waals surface area contributed by atoms with Crippen LogP contribution in [-0.4, -0.2) is 24.6 Å². The number of terminal acetylenes is 1. The molecule has 0 aliphatic carbocycles. The van der Waals surface area contributed by atoms with Gasteiger partial charge in [0.05, 0.1) is 6.61 Å². The zero-order valence-corrected chi connectivity index (χ0v) is 12.2. The van der Waals surface area contributed by atoms with Gasteiger partial charge in [0.2, 0.25) is 0 Å². The van der Waals surface area contributed by atoms with Crippen molar-refractivity contribution < 1.29 is 19.1 Å². The van der Waals surface area contributed by atoms with E-state index in [2.05, 4.69) is 5.92 Å². The van der Waals surface area contributed by atoms with E-state index < -0.39 is 12.1 Å². The van der Waals surface area contributed by atoms with Gasteiger partial charge in [-0.2, -0.15) is 0 Å². The molecule has 1 aromatic rings. The number of esters is 2. The summed E-state index contributed by atoms with van der Waals surface area (Å²) in [6.07, 6.45) is 6.03. The van der Waals surface area contributed by atoms with Gasteiger partial charge in [-0.3, -0.25) is 9.59 Å². The summed E-state index contributed by atoms with van der Waals surface area (Å²) >= 11 is 0. The van der Waals surface area contributed by atoms with Crippen LogP contribution < -0.4 is 0 Å². The monoisotopic (exact) mass is 288 g/mol. The van der Waals surface area contributed by atoms with Crippen LogP contribution in [0.4, 0.5) is 0 Å². The van der Waals surface area contributed by atoms with Gasteiger partial charge in [-0.25, -0.2) is 0 Å². The van der Waals surface area contributed by atoms with E-state index >= 15 is 0 Å². The van der Waals surface area contributed by atoms with Crippen LogP contribution in [0, 0.1) is 12.3 Å². The Labute approximate surface area is 125 Å². The van der Waals surface area contributed by atoms with Gasteiger partial charge < -0.3 is 9.47 Å². The molecule has 0 radical (unpaired) electrons. The van der Waals surface area contributed by atoms with Crippen LogP contribution in [0.15, 0.2) is 30.3 Å². The van der Waals surface area contributed by atoms with E-state index in [-0.39, 0.29) is 18.8 Å². The highest BCUT2D eigenvalue weighted by atomic mass is 16.5. The van der Waals surface area contributed by atoms with Crippen molar-refractivity contribution in [2.75, 3.05) is 6.61 Å². The lowest BCUT2D eigenvalue weighted by Crippen LogP contribution is -2.13. The minimum Gasteiger partial charge on any atom is -0.465 e. The Morgan fingerprint density at radius 3 is 2.52 bits per heavy atom. The van der Waals surface area contributed by atoms with Crippen molar-refractivity contribution in [2.45, 2.75) is 38.7 Å². The molecule has 0 aliphatic heterocycles. The zero-order valence-electron chi connectivity index (χ0n) is 12.2. The Morgan fingerprint density at radius 2 is 1.86 bits per heavy atom. The highest BCUT2D eigenvalue weighted by Crippen LogP contribution is 2.03. The molecule has 4 nitrogen and oxygen atoms in total. The van der Waals surface area contributed by atoms with Crippen LogP contribution in [0.1, 0.15) is 31.7 Å². The molecule has 1 rings (SSSR count). The first-order chi connectivity index (χ1) is 10.1. The van der Waals surface area contributed by atoms with Crippen molar-refractivity contribution in [3.05, 3.63) is 35.9 Å². The van der Waals surface area contributed by atoms with Crippen molar-refractivity contribution in [3.63, 3.8) is 0 Å². The predicted molar refractivity (Wildman–Crippen MR) is 79.3 cm³/mol. The van der Waals surface area contributed by atoms with E-state index in [4.69, 9.17) is 15.9 Å². The minimum atomic E-state index is -0.532. The fraction of sp³-hybridized carbons (Fsp3) is 0.412. The Balaban J connectivity index is 2.09. The molecule has 4 heteroatoms. The Kier molecular flexibility index (Phi) is 7.67. The third kappa shape index (κ3) is 7.78. The summed E-state index contributed by atoms with van der Waals surface area (Å²) in [5, 5.41) is 0. The van der Waals surface area contributed by atoms with Crippen LogP contribution in [0.25, 0.3) is 0 Å². The molecule has 0 saturated heterocycles. The van der Waals surface area contributed by atoms with E-state index in [1.54, 1.807) is 6.92 Å². The molecule has 0 fully saturated rings. The molecule has 0 bridgehead atoms. The van der Waals surface area contributed by atoms with Gasteiger partial charge in [-0.1, -0.05) is 36.3 Å². The molecular formula is C17H20O4. The van der Waals surface area contributed by atoms with Crippen LogP contribution in [0.5, 0.6) is 0 Å². The molecule has 0 saturated carbocycles. The third-order valence-electron chi connectivity index (χ3n) is 2.80. The average molecular weight is 288 g/mol. The first kappa shape index (κ1) is 16.8. The average Bonchev–Trinajstić information content (AvgIpc) is 2.48. The minimum absolute atomic E-state index is 0.166. The van der Waals surface area contributed by atoms with E-state index in [1.165, 1.54) is 0 Å². The van der Waals surface area contributed by atoms with Crippen molar-refractivity contribution in [2.24, 2.45) is 0 Å². The smallest absolute Gasteiger partial charge is 0.307 e. The number of rotatable bonds is 8. The fourth-order valence-corrected chi connectivity index (χ4v) is 1.67. The predicted octanol–water partition coefficient (Wildman–Crippen LogP) is 2.51. The molecule has 21 heavy (non-hydrogen) atoms. The van der Waals surface area contributed by atoms with Gasteiger partial charge in [0.25, 0.3) is 0 Å². The Bertz CT molecular complexity index is 487. The Hall–Kier alpha value is -2.28. The number of hydrogen-bond donors (Lipinski definition) is 0. The largest absolute Gasteiger partial charge is 0.465 e. The second kappa shape index (κ2) is 9.60. The highest BCUT2D eigenvalue weighted by Gasteiger charge is 2.09. The molecule has 1 unspecified atom stereocenters. The maximum atomic E-state index is 11.5. The topological polar surface area (TPSA) is 52.6 Å². The van der Waals surface area contributed by atoms with Crippen LogP contribution in [0.2, 0.25) is 0 Å². The Morgan fingerprint density at radius 1 is 1.19 bits per heavy atom. The van der Waals surface area contributed by atoms with E-state index in [0.717, 1.165) is 5.56 Å². The summed E-state index contributed by atoms with van der Waals surface area (Å²) in [6.45, 7) is 1.97. The maximum Gasteiger partial charge on any atom is 0.307 e. The quantitative estimate of drug-likeness (QED) is 0.545. The molecule has 0 spiro atoms.